The van der Waals surface area contributed by atoms with Crippen LogP contribution in [0.25, 0.3) is 0 Å². The fourth-order valence-corrected chi connectivity index (χ4v) is 3.85. The van der Waals surface area contributed by atoms with E-state index < -0.39 is 0 Å². The molecule has 0 aromatic heterocycles. The third-order valence-electron chi connectivity index (χ3n) is 5.42. The minimum atomic E-state index is 0.0379. The largest absolute Gasteiger partial charge is 0.497 e. The number of nitrogens with zero attached hydrogens (tertiary/aromatic N) is 1. The first-order valence-corrected chi connectivity index (χ1v) is 9.41. The first kappa shape index (κ1) is 17.8. The Hall–Kier alpha value is -2.04. The molecule has 2 amide bonds. The van der Waals surface area contributed by atoms with Crippen molar-refractivity contribution in [2.24, 2.45) is 5.92 Å². The predicted molar refractivity (Wildman–Crippen MR) is 96.6 cm³/mol. The first-order valence-electron chi connectivity index (χ1n) is 9.41. The summed E-state index contributed by atoms with van der Waals surface area (Å²) in [4.78, 5) is 26.9. The van der Waals surface area contributed by atoms with Crippen molar-refractivity contribution in [3.8, 4) is 5.75 Å². The molecule has 1 aliphatic heterocycles. The summed E-state index contributed by atoms with van der Waals surface area (Å²) < 4.78 is 5.19. The van der Waals surface area contributed by atoms with Crippen LogP contribution in [0.2, 0.25) is 0 Å². The summed E-state index contributed by atoms with van der Waals surface area (Å²) in [5.41, 5.74) is 0.657. The van der Waals surface area contributed by atoms with Gasteiger partial charge in [0.25, 0.3) is 5.91 Å². The molecule has 1 aromatic carbocycles. The Labute approximate surface area is 149 Å². The number of amides is 2. The van der Waals surface area contributed by atoms with Crippen LogP contribution >= 0.6 is 0 Å². The summed E-state index contributed by atoms with van der Waals surface area (Å²) in [6.45, 7) is 1.37. The maximum Gasteiger partial charge on any atom is 0.253 e. The van der Waals surface area contributed by atoms with Crippen molar-refractivity contribution in [2.45, 2.75) is 51.0 Å². The van der Waals surface area contributed by atoms with Gasteiger partial charge in [-0.25, -0.2) is 0 Å². The van der Waals surface area contributed by atoms with Crippen LogP contribution in [0.4, 0.5) is 0 Å². The van der Waals surface area contributed by atoms with Gasteiger partial charge in [-0.15, -0.1) is 0 Å². The first-order chi connectivity index (χ1) is 12.2. The van der Waals surface area contributed by atoms with Crippen LogP contribution in [0.15, 0.2) is 24.3 Å². The molecule has 0 spiro atoms. The molecule has 0 unspecified atom stereocenters. The van der Waals surface area contributed by atoms with Gasteiger partial charge in [0.05, 0.1) is 7.11 Å². The number of rotatable bonds is 4. The smallest absolute Gasteiger partial charge is 0.253 e. The lowest BCUT2D eigenvalue weighted by atomic mass is 9.88. The lowest BCUT2D eigenvalue weighted by Gasteiger charge is -2.33. The minimum Gasteiger partial charge on any atom is -0.497 e. The number of ether oxygens (including phenoxy) is 1. The molecular formula is C20H28N2O3. The highest BCUT2D eigenvalue weighted by atomic mass is 16.5. The second-order valence-corrected chi connectivity index (χ2v) is 7.14. The van der Waals surface area contributed by atoms with Crippen molar-refractivity contribution in [1.82, 2.24) is 10.2 Å². The zero-order valence-electron chi connectivity index (χ0n) is 15.0. The van der Waals surface area contributed by atoms with E-state index in [0.29, 0.717) is 24.4 Å². The zero-order valence-corrected chi connectivity index (χ0v) is 15.0. The van der Waals surface area contributed by atoms with Gasteiger partial charge in [0.1, 0.15) is 5.75 Å². The van der Waals surface area contributed by atoms with E-state index in [2.05, 4.69) is 5.32 Å². The molecule has 1 aromatic rings. The third-order valence-corrected chi connectivity index (χ3v) is 5.42. The highest BCUT2D eigenvalue weighted by Crippen LogP contribution is 2.24. The van der Waals surface area contributed by atoms with Gasteiger partial charge in [-0.05, 0) is 43.9 Å². The van der Waals surface area contributed by atoms with E-state index in [1.807, 2.05) is 23.1 Å². The molecule has 1 saturated carbocycles. The number of methoxy groups -OCH3 is 1. The normalized spacial score (nSPS) is 19.5. The Morgan fingerprint density at radius 1 is 1.08 bits per heavy atom. The van der Waals surface area contributed by atoms with E-state index in [1.54, 1.807) is 13.2 Å². The molecule has 1 N–H and O–H groups in total. The third kappa shape index (κ3) is 4.53. The molecule has 0 atom stereocenters. The highest BCUT2D eigenvalue weighted by Gasteiger charge is 2.27. The number of hydrogen-bond donors (Lipinski definition) is 1. The summed E-state index contributed by atoms with van der Waals surface area (Å²) >= 11 is 0. The van der Waals surface area contributed by atoms with Crippen LogP contribution in [-0.4, -0.2) is 43.0 Å². The van der Waals surface area contributed by atoms with Crippen LogP contribution in [-0.2, 0) is 4.79 Å². The number of benzene rings is 1. The molecular weight excluding hydrogens is 316 g/mol. The van der Waals surface area contributed by atoms with Crippen molar-refractivity contribution in [2.75, 3.05) is 20.2 Å². The molecule has 1 aliphatic carbocycles. The van der Waals surface area contributed by atoms with Crippen molar-refractivity contribution < 1.29 is 14.3 Å². The fourth-order valence-electron chi connectivity index (χ4n) is 3.85. The molecule has 5 nitrogen and oxygen atoms in total. The molecule has 5 heteroatoms. The Morgan fingerprint density at radius 2 is 1.80 bits per heavy atom. The highest BCUT2D eigenvalue weighted by molar-refractivity contribution is 5.94. The summed E-state index contributed by atoms with van der Waals surface area (Å²) in [6.07, 6.45) is 7.31. The van der Waals surface area contributed by atoms with E-state index in [0.717, 1.165) is 25.7 Å². The van der Waals surface area contributed by atoms with Gasteiger partial charge in [-0.2, -0.15) is 0 Å². The van der Waals surface area contributed by atoms with Crippen molar-refractivity contribution in [3.05, 3.63) is 29.8 Å². The molecule has 2 fully saturated rings. The molecule has 25 heavy (non-hydrogen) atoms. The van der Waals surface area contributed by atoms with Crippen LogP contribution in [0.1, 0.15) is 55.3 Å². The molecule has 136 valence electrons. The SMILES string of the molecule is COc1cccc(C(=O)N2CCC(NC(=O)C3CCCCC3)CC2)c1. The Kier molecular flexibility index (Phi) is 5.95. The molecule has 1 saturated heterocycles. The summed E-state index contributed by atoms with van der Waals surface area (Å²) in [5.74, 6) is 1.15. The number of piperidine rings is 1. The average Bonchev–Trinajstić information content (AvgIpc) is 2.68. The molecule has 1 heterocycles. The molecule has 2 aliphatic rings. The van der Waals surface area contributed by atoms with Gasteiger partial charge in [0, 0.05) is 30.6 Å². The maximum absolute atomic E-state index is 12.6. The van der Waals surface area contributed by atoms with Crippen molar-refractivity contribution in [1.29, 1.82) is 0 Å². The second kappa shape index (κ2) is 8.37. The predicted octanol–water partition coefficient (Wildman–Crippen LogP) is 3.00. The molecule has 3 rings (SSSR count). The van der Waals surface area contributed by atoms with Crippen LogP contribution in [0, 0.1) is 5.92 Å². The topological polar surface area (TPSA) is 58.6 Å². The summed E-state index contributed by atoms with van der Waals surface area (Å²) in [7, 11) is 1.60. The fraction of sp³-hybridized carbons (Fsp3) is 0.600. The van der Waals surface area contributed by atoms with Gasteiger partial charge < -0.3 is 15.0 Å². The van der Waals surface area contributed by atoms with E-state index in [9.17, 15) is 9.59 Å². The van der Waals surface area contributed by atoms with Gasteiger partial charge >= 0.3 is 0 Å². The number of carbonyl (C=O) groups excluding carboxylic acids is 2. The van der Waals surface area contributed by atoms with Crippen LogP contribution in [0.3, 0.4) is 0 Å². The standard InChI is InChI=1S/C20H28N2O3/c1-25-18-9-5-8-16(14-18)20(24)22-12-10-17(11-13-22)21-19(23)15-6-3-2-4-7-15/h5,8-9,14-15,17H,2-4,6-7,10-13H2,1H3,(H,21,23). The van der Waals surface area contributed by atoms with Gasteiger partial charge in [-0.1, -0.05) is 25.3 Å². The van der Waals surface area contributed by atoms with Gasteiger partial charge in [0.15, 0.2) is 0 Å². The van der Waals surface area contributed by atoms with E-state index in [4.69, 9.17) is 4.74 Å². The Morgan fingerprint density at radius 3 is 2.48 bits per heavy atom. The van der Waals surface area contributed by atoms with Crippen LogP contribution < -0.4 is 10.1 Å². The van der Waals surface area contributed by atoms with Crippen molar-refractivity contribution in [3.63, 3.8) is 0 Å². The van der Waals surface area contributed by atoms with Gasteiger partial charge in [0.2, 0.25) is 5.91 Å². The summed E-state index contributed by atoms with van der Waals surface area (Å²) in [5, 5.41) is 3.21. The lowest BCUT2D eigenvalue weighted by molar-refractivity contribution is -0.126. The minimum absolute atomic E-state index is 0.0379. The Bertz CT molecular complexity index is 603. The lowest BCUT2D eigenvalue weighted by Crippen LogP contribution is -2.48. The van der Waals surface area contributed by atoms with E-state index >= 15 is 0 Å². The Balaban J connectivity index is 1.49. The average molecular weight is 344 g/mol. The molecule has 0 bridgehead atoms. The summed E-state index contributed by atoms with van der Waals surface area (Å²) in [6, 6.07) is 7.47. The number of nitrogens with one attached hydrogen (secondary N) is 1. The second-order valence-electron chi connectivity index (χ2n) is 7.14. The number of likely N-dealkylation sites (tertiary alicyclic amines) is 1. The van der Waals surface area contributed by atoms with Gasteiger partial charge in [-0.3, -0.25) is 9.59 Å². The number of carbonyl (C=O) groups is 2. The van der Waals surface area contributed by atoms with Crippen LogP contribution in [0.5, 0.6) is 5.75 Å². The number of hydrogen-bond acceptors (Lipinski definition) is 3. The van der Waals surface area contributed by atoms with E-state index in [1.165, 1.54) is 19.3 Å². The quantitative estimate of drug-likeness (QED) is 0.913. The van der Waals surface area contributed by atoms with Crippen molar-refractivity contribution >= 4 is 11.8 Å². The zero-order chi connectivity index (χ0) is 17.6. The van der Waals surface area contributed by atoms with E-state index in [-0.39, 0.29) is 23.8 Å². The monoisotopic (exact) mass is 344 g/mol. The maximum atomic E-state index is 12.6. The molecule has 0 radical (unpaired) electrons.